The van der Waals surface area contributed by atoms with Crippen LogP contribution < -0.4 is 5.73 Å². The molecule has 1 unspecified atom stereocenters. The fraction of sp³-hybridized carbons (Fsp3) is 0.500. The number of benzene rings is 1. The molecule has 1 heterocycles. The maximum Gasteiger partial charge on any atom is 0.416 e. The molecule has 0 aliphatic carbocycles. The van der Waals surface area contributed by atoms with E-state index in [9.17, 15) is 13.2 Å². The lowest BCUT2D eigenvalue weighted by molar-refractivity contribution is -0.137. The standard InChI is InChI=1S/C14H18F3N3O/c1-8(2)12(7-21-3)20-11-5-4-9(14(15,16)17)6-10(11)19-13(20)18/h4-6,8,12H,7H2,1-3H3,(H2,18,19). The van der Waals surface area contributed by atoms with Crippen LogP contribution in [0.1, 0.15) is 25.5 Å². The highest BCUT2D eigenvalue weighted by atomic mass is 19.4. The number of imidazole rings is 1. The largest absolute Gasteiger partial charge is 0.416 e. The second-order valence-electron chi connectivity index (χ2n) is 5.31. The van der Waals surface area contributed by atoms with Crippen molar-refractivity contribution in [2.45, 2.75) is 26.1 Å². The SMILES string of the molecule is COCC(C(C)C)n1c(N)nc2cc(C(F)(F)F)ccc21. The fourth-order valence-electron chi connectivity index (χ4n) is 2.38. The predicted octanol–water partition coefficient (Wildman–Crippen LogP) is 3.48. The van der Waals surface area contributed by atoms with Gasteiger partial charge in [0.15, 0.2) is 0 Å². The minimum Gasteiger partial charge on any atom is -0.383 e. The summed E-state index contributed by atoms with van der Waals surface area (Å²) >= 11 is 0. The lowest BCUT2D eigenvalue weighted by Crippen LogP contribution is -2.21. The molecule has 0 saturated heterocycles. The molecule has 0 aliphatic heterocycles. The maximum atomic E-state index is 12.7. The van der Waals surface area contributed by atoms with Crippen molar-refractivity contribution in [3.8, 4) is 0 Å². The first kappa shape index (κ1) is 15.6. The Morgan fingerprint density at radius 1 is 1.33 bits per heavy atom. The van der Waals surface area contributed by atoms with Gasteiger partial charge in [-0.05, 0) is 24.1 Å². The van der Waals surface area contributed by atoms with Gasteiger partial charge < -0.3 is 15.0 Å². The van der Waals surface area contributed by atoms with E-state index in [0.717, 1.165) is 12.1 Å². The molecular weight excluding hydrogens is 283 g/mol. The third kappa shape index (κ3) is 2.97. The molecule has 0 aliphatic rings. The number of alkyl halides is 3. The Morgan fingerprint density at radius 3 is 2.52 bits per heavy atom. The Hall–Kier alpha value is -1.76. The van der Waals surface area contributed by atoms with Crippen LogP contribution in [0.25, 0.3) is 11.0 Å². The maximum absolute atomic E-state index is 12.7. The molecular formula is C14H18F3N3O. The van der Waals surface area contributed by atoms with Gasteiger partial charge in [-0.2, -0.15) is 13.2 Å². The number of nitrogens with zero attached hydrogens (tertiary/aromatic N) is 2. The molecule has 7 heteroatoms. The first-order valence-electron chi connectivity index (χ1n) is 6.59. The summed E-state index contributed by atoms with van der Waals surface area (Å²) in [6.07, 6.45) is -4.39. The second kappa shape index (κ2) is 5.55. The summed E-state index contributed by atoms with van der Waals surface area (Å²) in [4.78, 5) is 4.06. The molecule has 1 aromatic heterocycles. The third-order valence-corrected chi connectivity index (χ3v) is 3.48. The van der Waals surface area contributed by atoms with Gasteiger partial charge >= 0.3 is 6.18 Å². The van der Waals surface area contributed by atoms with Crippen LogP contribution in [0.3, 0.4) is 0 Å². The van der Waals surface area contributed by atoms with Crippen molar-refractivity contribution in [2.75, 3.05) is 19.5 Å². The number of nitrogens with two attached hydrogens (primary N) is 1. The minimum absolute atomic E-state index is 0.0864. The second-order valence-corrected chi connectivity index (χ2v) is 5.31. The molecule has 116 valence electrons. The van der Waals surface area contributed by atoms with E-state index >= 15 is 0 Å². The van der Waals surface area contributed by atoms with Gasteiger partial charge in [0.05, 0.1) is 29.2 Å². The molecule has 2 aromatic rings. The van der Waals surface area contributed by atoms with Crippen LogP contribution in [0.2, 0.25) is 0 Å². The molecule has 0 fully saturated rings. The predicted molar refractivity (Wildman–Crippen MR) is 74.9 cm³/mol. The lowest BCUT2D eigenvalue weighted by atomic mass is 10.0. The number of rotatable bonds is 4. The van der Waals surface area contributed by atoms with Gasteiger partial charge in [0.2, 0.25) is 5.95 Å². The Kier molecular flexibility index (Phi) is 4.13. The summed E-state index contributed by atoms with van der Waals surface area (Å²) in [6.45, 7) is 4.41. The highest BCUT2D eigenvalue weighted by Crippen LogP contribution is 2.33. The van der Waals surface area contributed by atoms with E-state index in [1.165, 1.54) is 6.07 Å². The molecule has 0 spiro atoms. The zero-order valence-electron chi connectivity index (χ0n) is 12.1. The fourth-order valence-corrected chi connectivity index (χ4v) is 2.38. The van der Waals surface area contributed by atoms with Gasteiger partial charge in [0.25, 0.3) is 0 Å². The molecule has 1 aromatic carbocycles. The van der Waals surface area contributed by atoms with Crippen LogP contribution >= 0.6 is 0 Å². The molecule has 0 amide bonds. The number of aromatic nitrogens is 2. The van der Waals surface area contributed by atoms with E-state index in [1.807, 2.05) is 13.8 Å². The molecule has 2 N–H and O–H groups in total. The summed E-state index contributed by atoms with van der Waals surface area (Å²) in [5, 5.41) is 0. The molecule has 0 radical (unpaired) electrons. The van der Waals surface area contributed by atoms with Crippen molar-refractivity contribution in [2.24, 2.45) is 5.92 Å². The van der Waals surface area contributed by atoms with Gasteiger partial charge in [-0.25, -0.2) is 4.98 Å². The number of hydrogen-bond donors (Lipinski definition) is 1. The number of nitrogen functional groups attached to an aromatic ring is 1. The highest BCUT2D eigenvalue weighted by molar-refractivity contribution is 5.79. The van der Waals surface area contributed by atoms with Gasteiger partial charge in [0, 0.05) is 7.11 Å². The van der Waals surface area contributed by atoms with Crippen LogP contribution in [0.4, 0.5) is 19.1 Å². The number of methoxy groups -OCH3 is 1. The summed E-state index contributed by atoms with van der Waals surface area (Å²) < 4.78 is 45.2. The van der Waals surface area contributed by atoms with Crippen LogP contribution in [-0.2, 0) is 10.9 Å². The van der Waals surface area contributed by atoms with Crippen LogP contribution in [0.5, 0.6) is 0 Å². The van der Waals surface area contributed by atoms with Crippen LogP contribution in [-0.4, -0.2) is 23.3 Å². The van der Waals surface area contributed by atoms with E-state index in [2.05, 4.69) is 4.98 Å². The topological polar surface area (TPSA) is 53.1 Å². The summed E-state index contributed by atoms with van der Waals surface area (Å²) in [5.74, 6) is 0.395. The minimum atomic E-state index is -4.39. The van der Waals surface area contributed by atoms with E-state index < -0.39 is 11.7 Å². The number of ether oxygens (including phenoxy) is 1. The monoisotopic (exact) mass is 301 g/mol. The number of hydrogen-bond acceptors (Lipinski definition) is 3. The van der Waals surface area contributed by atoms with Crippen molar-refractivity contribution in [3.05, 3.63) is 23.8 Å². The zero-order valence-corrected chi connectivity index (χ0v) is 12.1. The lowest BCUT2D eigenvalue weighted by Gasteiger charge is -2.23. The Morgan fingerprint density at radius 2 is 2.00 bits per heavy atom. The first-order chi connectivity index (χ1) is 9.75. The molecule has 4 nitrogen and oxygen atoms in total. The highest BCUT2D eigenvalue weighted by Gasteiger charge is 2.31. The molecule has 0 bridgehead atoms. The Labute approximate surface area is 120 Å². The molecule has 2 rings (SSSR count). The van der Waals surface area contributed by atoms with Crippen LogP contribution in [0.15, 0.2) is 18.2 Å². The van der Waals surface area contributed by atoms with E-state index in [-0.39, 0.29) is 23.4 Å². The van der Waals surface area contributed by atoms with E-state index in [0.29, 0.717) is 12.1 Å². The zero-order chi connectivity index (χ0) is 15.8. The van der Waals surface area contributed by atoms with E-state index in [1.54, 1.807) is 11.7 Å². The van der Waals surface area contributed by atoms with Gasteiger partial charge in [-0.3, -0.25) is 0 Å². The number of fused-ring (bicyclic) bond motifs is 1. The average molecular weight is 301 g/mol. The van der Waals surface area contributed by atoms with Gasteiger partial charge in [-0.15, -0.1) is 0 Å². The molecule has 0 saturated carbocycles. The normalized spacial score (nSPS) is 14.0. The Balaban J connectivity index is 2.58. The van der Waals surface area contributed by atoms with Gasteiger partial charge in [-0.1, -0.05) is 13.8 Å². The number of halogens is 3. The quantitative estimate of drug-likeness (QED) is 0.940. The smallest absolute Gasteiger partial charge is 0.383 e. The van der Waals surface area contributed by atoms with Crippen molar-refractivity contribution in [1.82, 2.24) is 9.55 Å². The van der Waals surface area contributed by atoms with Crippen molar-refractivity contribution in [1.29, 1.82) is 0 Å². The van der Waals surface area contributed by atoms with Gasteiger partial charge in [0.1, 0.15) is 0 Å². The van der Waals surface area contributed by atoms with E-state index in [4.69, 9.17) is 10.5 Å². The van der Waals surface area contributed by atoms with Crippen molar-refractivity contribution >= 4 is 17.0 Å². The summed E-state index contributed by atoms with van der Waals surface area (Å²) in [6, 6.07) is 3.39. The summed E-state index contributed by atoms with van der Waals surface area (Å²) in [5.41, 5.74) is 5.99. The van der Waals surface area contributed by atoms with Crippen LogP contribution in [0, 0.1) is 5.92 Å². The number of anilines is 1. The molecule has 1 atom stereocenters. The third-order valence-electron chi connectivity index (χ3n) is 3.48. The average Bonchev–Trinajstić information content (AvgIpc) is 2.69. The molecule has 21 heavy (non-hydrogen) atoms. The van der Waals surface area contributed by atoms with Crippen molar-refractivity contribution in [3.63, 3.8) is 0 Å². The first-order valence-corrected chi connectivity index (χ1v) is 6.59. The Bertz CT molecular complexity index is 634. The van der Waals surface area contributed by atoms with Crippen molar-refractivity contribution < 1.29 is 17.9 Å². The summed E-state index contributed by atoms with van der Waals surface area (Å²) in [7, 11) is 1.58.